The van der Waals surface area contributed by atoms with Gasteiger partial charge in [-0.1, -0.05) is 13.0 Å². The number of carbonyl (C=O) groups is 1. The molecule has 3 atom stereocenters. The van der Waals surface area contributed by atoms with Crippen molar-refractivity contribution in [2.45, 2.75) is 59.2 Å². The van der Waals surface area contributed by atoms with Crippen molar-refractivity contribution in [2.24, 2.45) is 5.92 Å². The molecule has 0 spiro atoms. The van der Waals surface area contributed by atoms with Gasteiger partial charge >= 0.3 is 0 Å². The molecule has 1 aromatic rings. The zero-order chi connectivity index (χ0) is 23.5. The maximum absolute atomic E-state index is 13.9. The first-order valence-corrected chi connectivity index (χ1v) is 10.9. The first-order chi connectivity index (χ1) is 15.2. The fraction of sp³-hybridized carbons (Fsp3) is 0.565. The molecule has 3 unspecified atom stereocenters. The van der Waals surface area contributed by atoms with Crippen LogP contribution in [0.15, 0.2) is 35.2 Å². The number of alkyl halides is 2. The van der Waals surface area contributed by atoms with Crippen LogP contribution < -0.4 is 5.32 Å². The molecular weight excluding hydrogens is 420 g/mol. The molecule has 9 heteroatoms. The average Bonchev–Trinajstić information content (AvgIpc) is 3.11. The molecule has 3 rings (SSSR count). The average molecular weight is 452 g/mol. The molecule has 176 valence electrons. The minimum Gasteiger partial charge on any atom is -0.632 e. The second-order valence-corrected chi connectivity index (χ2v) is 8.63. The number of halogens is 2. The standard InChI is InChI=1S/C23H31F2N3O4/c1-14-10-20(32-13-21(24)25)15(2)9-18(14)16(3)28(31)11-17-5-7-26-22(19(17)12-28)23(30)27-6-4-8-29/h5,7,9,14,16,21,29H,4,6,8,10-13H2,1-3H3,(H,27,30). The van der Waals surface area contributed by atoms with Crippen LogP contribution in [-0.4, -0.2) is 52.9 Å². The van der Waals surface area contributed by atoms with Crippen LogP contribution in [-0.2, 0) is 17.8 Å². The van der Waals surface area contributed by atoms with Gasteiger partial charge in [-0.15, -0.1) is 0 Å². The number of amides is 1. The van der Waals surface area contributed by atoms with Gasteiger partial charge < -0.3 is 25.0 Å². The number of nitrogens with one attached hydrogen (secondary N) is 1. The Hall–Kier alpha value is -2.36. The minimum absolute atomic E-state index is 0.0191. The third-order valence-corrected chi connectivity index (χ3v) is 6.31. The summed E-state index contributed by atoms with van der Waals surface area (Å²) < 4.78 is 29.8. The molecule has 1 aliphatic carbocycles. The molecule has 2 aliphatic rings. The number of pyridine rings is 1. The van der Waals surface area contributed by atoms with E-state index in [0.29, 0.717) is 30.7 Å². The first kappa shape index (κ1) is 24.3. The van der Waals surface area contributed by atoms with E-state index in [-0.39, 0.29) is 43.3 Å². The number of hydroxylamine groups is 3. The Morgan fingerprint density at radius 3 is 2.88 bits per heavy atom. The van der Waals surface area contributed by atoms with Crippen molar-refractivity contribution < 1.29 is 28.1 Å². The number of fused-ring (bicyclic) bond motifs is 1. The highest BCUT2D eigenvalue weighted by Gasteiger charge is 2.40. The van der Waals surface area contributed by atoms with Gasteiger partial charge in [-0.2, -0.15) is 0 Å². The van der Waals surface area contributed by atoms with E-state index < -0.39 is 17.7 Å². The molecule has 0 bridgehead atoms. The largest absolute Gasteiger partial charge is 0.632 e. The summed E-state index contributed by atoms with van der Waals surface area (Å²) in [5, 5.41) is 25.5. The molecule has 0 fully saturated rings. The summed E-state index contributed by atoms with van der Waals surface area (Å²) in [7, 11) is 0. The number of quaternary nitrogens is 1. The first-order valence-electron chi connectivity index (χ1n) is 10.9. The summed E-state index contributed by atoms with van der Waals surface area (Å²) in [6.45, 7) is 5.71. The number of aliphatic hydroxyl groups is 1. The van der Waals surface area contributed by atoms with Crippen molar-refractivity contribution in [1.82, 2.24) is 10.3 Å². The molecule has 1 aliphatic heterocycles. The van der Waals surface area contributed by atoms with Crippen LogP contribution in [0.3, 0.4) is 0 Å². The number of rotatable bonds is 9. The lowest BCUT2D eigenvalue weighted by Crippen LogP contribution is -2.47. The van der Waals surface area contributed by atoms with Gasteiger partial charge in [0.1, 0.15) is 31.4 Å². The summed E-state index contributed by atoms with van der Waals surface area (Å²) in [4.78, 5) is 16.8. The van der Waals surface area contributed by atoms with Crippen molar-refractivity contribution in [3.8, 4) is 0 Å². The summed E-state index contributed by atoms with van der Waals surface area (Å²) >= 11 is 0. The molecular formula is C23H31F2N3O4. The Morgan fingerprint density at radius 1 is 1.44 bits per heavy atom. The van der Waals surface area contributed by atoms with Gasteiger partial charge in [0.05, 0.1) is 5.76 Å². The van der Waals surface area contributed by atoms with Crippen LogP contribution in [0.1, 0.15) is 55.2 Å². The summed E-state index contributed by atoms with van der Waals surface area (Å²) in [6, 6.07) is 1.40. The maximum atomic E-state index is 13.9. The lowest BCUT2D eigenvalue weighted by Gasteiger charge is -2.46. The number of ether oxygens (including phenoxy) is 1. The molecule has 32 heavy (non-hydrogen) atoms. The van der Waals surface area contributed by atoms with E-state index in [1.54, 1.807) is 12.3 Å². The molecule has 0 saturated carbocycles. The highest BCUT2D eigenvalue weighted by Crippen LogP contribution is 2.40. The van der Waals surface area contributed by atoms with Crippen LogP contribution in [0.5, 0.6) is 0 Å². The molecule has 2 heterocycles. The van der Waals surface area contributed by atoms with Crippen LogP contribution in [0, 0.1) is 11.1 Å². The van der Waals surface area contributed by atoms with Crippen molar-refractivity contribution in [2.75, 3.05) is 19.8 Å². The SMILES string of the molecule is CC1=C(OCC(F)F)CC(C)C(C(C)[N+]2([O-])Cc3ccnc(C(=O)NCCCO)c3C2)=C1. The molecule has 1 amide bonds. The number of aromatic nitrogens is 1. The number of nitrogens with zero attached hydrogens (tertiary/aromatic N) is 2. The quantitative estimate of drug-likeness (QED) is 0.341. The Labute approximate surface area is 186 Å². The summed E-state index contributed by atoms with van der Waals surface area (Å²) in [6.07, 6.45) is 1.82. The number of hydrogen-bond donors (Lipinski definition) is 2. The second-order valence-electron chi connectivity index (χ2n) is 8.63. The molecule has 7 nitrogen and oxygen atoms in total. The second kappa shape index (κ2) is 10.1. The van der Waals surface area contributed by atoms with Gasteiger partial charge in [0, 0.05) is 36.9 Å². The third kappa shape index (κ3) is 5.16. The molecule has 0 saturated heterocycles. The Bertz CT molecular complexity index is 919. The monoisotopic (exact) mass is 451 g/mol. The lowest BCUT2D eigenvalue weighted by atomic mass is 9.84. The van der Waals surface area contributed by atoms with E-state index in [0.717, 1.165) is 16.7 Å². The summed E-state index contributed by atoms with van der Waals surface area (Å²) in [5.41, 5.74) is 3.45. The van der Waals surface area contributed by atoms with E-state index in [1.165, 1.54) is 0 Å². The number of aliphatic hydroxyl groups excluding tert-OH is 1. The topological polar surface area (TPSA) is 94.5 Å². The van der Waals surface area contributed by atoms with Crippen LogP contribution in [0.25, 0.3) is 0 Å². The highest BCUT2D eigenvalue weighted by molar-refractivity contribution is 5.94. The molecule has 0 aromatic carbocycles. The van der Waals surface area contributed by atoms with Gasteiger partial charge in [0.2, 0.25) is 0 Å². The minimum atomic E-state index is -2.53. The zero-order valence-electron chi connectivity index (χ0n) is 18.7. The molecule has 1 aromatic heterocycles. The Morgan fingerprint density at radius 2 is 2.19 bits per heavy atom. The maximum Gasteiger partial charge on any atom is 0.272 e. The highest BCUT2D eigenvalue weighted by atomic mass is 19.3. The normalized spacial score (nSPS) is 23.8. The van der Waals surface area contributed by atoms with Gasteiger partial charge in [0.15, 0.2) is 0 Å². The van der Waals surface area contributed by atoms with E-state index >= 15 is 0 Å². The van der Waals surface area contributed by atoms with Crippen molar-refractivity contribution in [3.05, 3.63) is 57.3 Å². The molecule has 0 radical (unpaired) electrons. The van der Waals surface area contributed by atoms with Crippen LogP contribution >= 0.6 is 0 Å². The fourth-order valence-corrected chi connectivity index (χ4v) is 4.47. The van der Waals surface area contributed by atoms with Crippen molar-refractivity contribution in [3.63, 3.8) is 0 Å². The van der Waals surface area contributed by atoms with Gasteiger partial charge in [0.25, 0.3) is 12.3 Å². The fourth-order valence-electron chi connectivity index (χ4n) is 4.47. The van der Waals surface area contributed by atoms with Crippen LogP contribution in [0.2, 0.25) is 0 Å². The van der Waals surface area contributed by atoms with E-state index in [1.807, 2.05) is 26.8 Å². The van der Waals surface area contributed by atoms with Crippen LogP contribution in [0.4, 0.5) is 8.78 Å². The number of hydrogen-bond acceptors (Lipinski definition) is 5. The molecule has 2 N–H and O–H groups in total. The van der Waals surface area contributed by atoms with Crippen molar-refractivity contribution >= 4 is 5.91 Å². The third-order valence-electron chi connectivity index (χ3n) is 6.31. The van der Waals surface area contributed by atoms with Crippen molar-refractivity contribution in [1.29, 1.82) is 0 Å². The smallest absolute Gasteiger partial charge is 0.272 e. The predicted molar refractivity (Wildman–Crippen MR) is 115 cm³/mol. The zero-order valence-corrected chi connectivity index (χ0v) is 18.7. The van der Waals surface area contributed by atoms with Gasteiger partial charge in [-0.3, -0.25) is 9.78 Å². The number of allylic oxidation sites excluding steroid dienone is 3. The lowest BCUT2D eigenvalue weighted by molar-refractivity contribution is -0.917. The Kier molecular flexibility index (Phi) is 7.63. The van der Waals surface area contributed by atoms with Gasteiger partial charge in [-0.25, -0.2) is 8.78 Å². The van der Waals surface area contributed by atoms with E-state index in [9.17, 15) is 18.8 Å². The Balaban J connectivity index is 1.80. The predicted octanol–water partition coefficient (Wildman–Crippen LogP) is 3.43. The number of carbonyl (C=O) groups excluding carboxylic acids is 1. The summed E-state index contributed by atoms with van der Waals surface area (Å²) in [5.74, 6) is 0.177. The van der Waals surface area contributed by atoms with Gasteiger partial charge in [-0.05, 0) is 43.4 Å². The van der Waals surface area contributed by atoms with E-state index in [4.69, 9.17) is 9.84 Å². The van der Waals surface area contributed by atoms with E-state index in [2.05, 4.69) is 10.3 Å².